The second-order valence-corrected chi connectivity index (χ2v) is 8.74. The molecule has 1 saturated heterocycles. The SMILES string of the molecule is CC[C@H]1SC2=NC(C)=C(C(=O)OCc3ccccc3)[C@H](c3ccc(Cl)cc3)N2C1=O. The number of hydrogen-bond donors (Lipinski definition) is 0. The summed E-state index contributed by atoms with van der Waals surface area (Å²) in [4.78, 5) is 32.5. The summed E-state index contributed by atoms with van der Waals surface area (Å²) in [5.41, 5.74) is 2.63. The van der Waals surface area contributed by atoms with Gasteiger partial charge in [-0.05, 0) is 36.6 Å². The third-order valence-corrected chi connectivity index (χ3v) is 6.71. The van der Waals surface area contributed by atoms with Crippen molar-refractivity contribution >= 4 is 40.4 Å². The van der Waals surface area contributed by atoms with Gasteiger partial charge in [0.2, 0.25) is 5.91 Å². The fraction of sp³-hybridized carbons (Fsp3) is 0.261. The van der Waals surface area contributed by atoms with Crippen LogP contribution in [0.5, 0.6) is 0 Å². The molecule has 0 aliphatic carbocycles. The zero-order valence-corrected chi connectivity index (χ0v) is 18.2. The second kappa shape index (κ2) is 8.66. The van der Waals surface area contributed by atoms with Crippen LogP contribution in [0.2, 0.25) is 5.02 Å². The summed E-state index contributed by atoms with van der Waals surface area (Å²) in [6.45, 7) is 3.92. The van der Waals surface area contributed by atoms with Gasteiger partial charge in [-0.15, -0.1) is 0 Å². The molecule has 2 aliphatic rings. The molecule has 0 unspecified atom stereocenters. The van der Waals surface area contributed by atoms with Crippen LogP contribution >= 0.6 is 23.4 Å². The van der Waals surface area contributed by atoms with Crippen molar-refractivity contribution in [1.82, 2.24) is 4.90 Å². The van der Waals surface area contributed by atoms with Gasteiger partial charge in [-0.25, -0.2) is 9.79 Å². The van der Waals surface area contributed by atoms with Gasteiger partial charge in [-0.3, -0.25) is 9.69 Å². The highest BCUT2D eigenvalue weighted by molar-refractivity contribution is 8.15. The first-order valence-electron chi connectivity index (χ1n) is 9.75. The van der Waals surface area contributed by atoms with E-state index in [1.807, 2.05) is 49.4 Å². The summed E-state index contributed by atoms with van der Waals surface area (Å²) >= 11 is 7.52. The Morgan fingerprint density at radius 2 is 1.87 bits per heavy atom. The number of ether oxygens (including phenoxy) is 1. The van der Waals surface area contributed by atoms with Crippen LogP contribution in [0.15, 0.2) is 70.9 Å². The number of allylic oxidation sites excluding steroid dienone is 1. The number of amides is 1. The lowest BCUT2D eigenvalue weighted by molar-refractivity contribution is -0.141. The summed E-state index contributed by atoms with van der Waals surface area (Å²) in [5, 5.41) is 1.01. The van der Waals surface area contributed by atoms with E-state index in [1.54, 1.807) is 24.0 Å². The van der Waals surface area contributed by atoms with Crippen LogP contribution in [0, 0.1) is 0 Å². The van der Waals surface area contributed by atoms with Gasteiger partial charge in [0.05, 0.1) is 22.6 Å². The maximum atomic E-state index is 13.2. The zero-order chi connectivity index (χ0) is 21.3. The summed E-state index contributed by atoms with van der Waals surface area (Å²) in [7, 11) is 0. The number of esters is 1. The minimum absolute atomic E-state index is 0.0398. The monoisotopic (exact) mass is 440 g/mol. The molecule has 0 N–H and O–H groups in total. The van der Waals surface area contributed by atoms with Crippen molar-refractivity contribution in [1.29, 1.82) is 0 Å². The van der Waals surface area contributed by atoms with E-state index in [4.69, 9.17) is 16.3 Å². The molecule has 0 bridgehead atoms. The molecule has 2 aromatic rings. The van der Waals surface area contributed by atoms with Gasteiger partial charge >= 0.3 is 5.97 Å². The predicted octanol–water partition coefficient (Wildman–Crippen LogP) is 5.12. The van der Waals surface area contributed by atoms with Crippen molar-refractivity contribution in [3.05, 3.63) is 82.0 Å². The molecule has 5 nitrogen and oxygen atoms in total. The molecule has 0 spiro atoms. The zero-order valence-electron chi connectivity index (χ0n) is 16.7. The molecule has 0 saturated carbocycles. The van der Waals surface area contributed by atoms with Crippen LogP contribution in [0.25, 0.3) is 0 Å². The van der Waals surface area contributed by atoms with E-state index in [1.165, 1.54) is 11.8 Å². The van der Waals surface area contributed by atoms with Gasteiger partial charge in [0.25, 0.3) is 0 Å². The second-order valence-electron chi connectivity index (χ2n) is 7.13. The fourth-order valence-corrected chi connectivity index (χ4v) is 4.87. The van der Waals surface area contributed by atoms with Crippen LogP contribution in [-0.4, -0.2) is 27.2 Å². The van der Waals surface area contributed by atoms with Crippen molar-refractivity contribution in [3.63, 3.8) is 0 Å². The molecular formula is C23H21ClN2O3S. The average molecular weight is 441 g/mol. The number of nitrogens with zero attached hydrogens (tertiary/aromatic N) is 2. The largest absolute Gasteiger partial charge is 0.457 e. The molecular weight excluding hydrogens is 420 g/mol. The Balaban J connectivity index is 1.71. The maximum absolute atomic E-state index is 13.2. The summed E-state index contributed by atoms with van der Waals surface area (Å²) in [5.74, 6) is -0.515. The first-order chi connectivity index (χ1) is 14.5. The highest BCUT2D eigenvalue weighted by Gasteiger charge is 2.47. The van der Waals surface area contributed by atoms with Crippen molar-refractivity contribution in [2.24, 2.45) is 4.99 Å². The van der Waals surface area contributed by atoms with Crippen LogP contribution in [0.1, 0.15) is 37.4 Å². The Bertz CT molecular complexity index is 1030. The molecule has 30 heavy (non-hydrogen) atoms. The minimum Gasteiger partial charge on any atom is -0.457 e. The molecule has 0 radical (unpaired) electrons. The molecule has 1 amide bonds. The quantitative estimate of drug-likeness (QED) is 0.605. The summed E-state index contributed by atoms with van der Waals surface area (Å²) in [6.07, 6.45) is 0.694. The fourth-order valence-electron chi connectivity index (χ4n) is 3.61. The lowest BCUT2D eigenvalue weighted by Crippen LogP contribution is -2.40. The van der Waals surface area contributed by atoms with Gasteiger partial charge in [0, 0.05) is 5.02 Å². The lowest BCUT2D eigenvalue weighted by atomic mass is 9.94. The van der Waals surface area contributed by atoms with Crippen LogP contribution in [0.4, 0.5) is 0 Å². The maximum Gasteiger partial charge on any atom is 0.338 e. The van der Waals surface area contributed by atoms with Gasteiger partial charge < -0.3 is 4.74 Å². The molecule has 0 aromatic heterocycles. The number of aliphatic imine (C=N–C) groups is 1. The third-order valence-electron chi connectivity index (χ3n) is 5.14. The molecule has 4 rings (SSSR count). The van der Waals surface area contributed by atoms with E-state index in [0.29, 0.717) is 27.9 Å². The molecule has 154 valence electrons. The van der Waals surface area contributed by atoms with E-state index in [2.05, 4.69) is 4.99 Å². The topological polar surface area (TPSA) is 59.0 Å². The Morgan fingerprint density at radius 1 is 1.17 bits per heavy atom. The highest BCUT2D eigenvalue weighted by Crippen LogP contribution is 2.44. The number of rotatable bonds is 5. The Kier molecular flexibility index (Phi) is 5.97. The molecule has 2 heterocycles. The molecule has 2 atom stereocenters. The van der Waals surface area contributed by atoms with Gasteiger partial charge in [0.1, 0.15) is 6.61 Å². The van der Waals surface area contributed by atoms with Crippen molar-refractivity contribution in [3.8, 4) is 0 Å². The van der Waals surface area contributed by atoms with E-state index in [0.717, 1.165) is 11.1 Å². The third kappa shape index (κ3) is 3.89. The van der Waals surface area contributed by atoms with E-state index in [-0.39, 0.29) is 17.8 Å². The first kappa shape index (κ1) is 20.7. The normalized spacial score (nSPS) is 20.8. The molecule has 2 aliphatic heterocycles. The Morgan fingerprint density at radius 3 is 2.53 bits per heavy atom. The first-order valence-corrected chi connectivity index (χ1v) is 11.0. The lowest BCUT2D eigenvalue weighted by Gasteiger charge is -2.33. The van der Waals surface area contributed by atoms with Crippen LogP contribution < -0.4 is 0 Å². The van der Waals surface area contributed by atoms with Crippen molar-refractivity contribution in [2.75, 3.05) is 0 Å². The highest BCUT2D eigenvalue weighted by atomic mass is 35.5. The number of carbonyl (C=O) groups is 2. The standard InChI is InChI=1S/C23H21ClN2O3S/c1-3-18-21(27)26-20(16-9-11-17(24)12-10-16)19(14(2)25-23(26)30-18)22(28)29-13-15-7-5-4-6-8-15/h4-12,18,20H,3,13H2,1-2H3/t18-,20+/m1/s1. The van der Waals surface area contributed by atoms with Gasteiger partial charge in [-0.2, -0.15) is 0 Å². The number of thioether (sulfide) groups is 1. The Labute approximate surface area is 184 Å². The van der Waals surface area contributed by atoms with Crippen LogP contribution in [-0.2, 0) is 20.9 Å². The molecule has 7 heteroatoms. The molecule has 2 aromatic carbocycles. The number of amidine groups is 1. The van der Waals surface area contributed by atoms with E-state index in [9.17, 15) is 9.59 Å². The number of carbonyl (C=O) groups excluding carboxylic acids is 2. The van der Waals surface area contributed by atoms with Gasteiger partial charge in [-0.1, -0.05) is 72.8 Å². The van der Waals surface area contributed by atoms with Crippen molar-refractivity contribution < 1.29 is 14.3 Å². The average Bonchev–Trinajstić information content (AvgIpc) is 3.07. The van der Waals surface area contributed by atoms with E-state index >= 15 is 0 Å². The minimum atomic E-state index is -0.588. The van der Waals surface area contributed by atoms with Gasteiger partial charge in [0.15, 0.2) is 5.17 Å². The van der Waals surface area contributed by atoms with Crippen LogP contribution in [0.3, 0.4) is 0 Å². The van der Waals surface area contributed by atoms with E-state index < -0.39 is 12.0 Å². The number of fused-ring (bicyclic) bond motifs is 1. The Hall–Kier alpha value is -2.57. The number of hydrogen-bond acceptors (Lipinski definition) is 5. The predicted molar refractivity (Wildman–Crippen MR) is 119 cm³/mol. The smallest absolute Gasteiger partial charge is 0.338 e. The number of halogens is 1. The number of benzene rings is 2. The summed E-state index contributed by atoms with van der Waals surface area (Å²) < 4.78 is 5.61. The summed E-state index contributed by atoms with van der Waals surface area (Å²) in [6, 6.07) is 16.1. The molecule has 1 fully saturated rings. The van der Waals surface area contributed by atoms with Crippen molar-refractivity contribution in [2.45, 2.75) is 38.2 Å².